The van der Waals surface area contributed by atoms with Crippen LogP contribution in [0.2, 0.25) is 0 Å². The fraction of sp³-hybridized carbons (Fsp3) is 0.250. The lowest BCUT2D eigenvalue weighted by atomic mass is 10.0. The van der Waals surface area contributed by atoms with Crippen molar-refractivity contribution in [1.82, 2.24) is 0 Å². The molecule has 21 heavy (non-hydrogen) atoms. The van der Waals surface area contributed by atoms with Crippen LogP contribution in [-0.2, 0) is 0 Å². The Hall–Kier alpha value is -1.46. The first-order chi connectivity index (χ1) is 9.88. The van der Waals surface area contributed by atoms with Crippen LogP contribution in [0, 0.1) is 11.6 Å². The molecule has 1 unspecified atom stereocenters. The standard InChI is InChI=1S/C16H15BrF2O2/c1-9(2)21-12-5-3-10(4-6-12)16(20)15-13(18)7-11(17)8-14(15)19/h3-9,16,20H,1-2H3. The molecule has 0 aliphatic carbocycles. The van der Waals surface area contributed by atoms with Crippen LogP contribution >= 0.6 is 15.9 Å². The van der Waals surface area contributed by atoms with Crippen LogP contribution in [0.5, 0.6) is 5.75 Å². The van der Waals surface area contributed by atoms with E-state index in [9.17, 15) is 13.9 Å². The minimum Gasteiger partial charge on any atom is -0.491 e. The van der Waals surface area contributed by atoms with Crippen LogP contribution in [0.15, 0.2) is 40.9 Å². The van der Waals surface area contributed by atoms with Crippen LogP contribution in [0.25, 0.3) is 0 Å². The quantitative estimate of drug-likeness (QED) is 0.867. The Kier molecular flexibility index (Phi) is 4.96. The van der Waals surface area contributed by atoms with Gasteiger partial charge in [-0.15, -0.1) is 0 Å². The van der Waals surface area contributed by atoms with Crippen molar-refractivity contribution in [3.05, 3.63) is 63.6 Å². The lowest BCUT2D eigenvalue weighted by molar-refractivity contribution is 0.208. The molecule has 0 saturated heterocycles. The summed E-state index contributed by atoms with van der Waals surface area (Å²) in [6.45, 7) is 3.80. The maximum Gasteiger partial charge on any atom is 0.133 e. The Morgan fingerprint density at radius 3 is 2.05 bits per heavy atom. The molecule has 0 bridgehead atoms. The van der Waals surface area contributed by atoms with E-state index in [0.29, 0.717) is 11.3 Å². The third-order valence-corrected chi connectivity index (χ3v) is 3.34. The Balaban J connectivity index is 2.30. The molecule has 0 fully saturated rings. The third-order valence-electron chi connectivity index (χ3n) is 2.88. The number of ether oxygens (including phenoxy) is 1. The molecule has 0 saturated carbocycles. The summed E-state index contributed by atoms with van der Waals surface area (Å²) in [5.41, 5.74) is 0.0296. The van der Waals surface area contributed by atoms with E-state index in [2.05, 4.69) is 15.9 Å². The monoisotopic (exact) mass is 356 g/mol. The van der Waals surface area contributed by atoms with Gasteiger partial charge in [0.15, 0.2) is 0 Å². The number of aliphatic hydroxyl groups excluding tert-OH is 1. The fourth-order valence-electron chi connectivity index (χ4n) is 1.98. The smallest absolute Gasteiger partial charge is 0.133 e. The largest absolute Gasteiger partial charge is 0.491 e. The van der Waals surface area contributed by atoms with Crippen molar-refractivity contribution in [2.75, 3.05) is 0 Å². The summed E-state index contributed by atoms with van der Waals surface area (Å²) in [4.78, 5) is 0. The summed E-state index contributed by atoms with van der Waals surface area (Å²) in [6.07, 6.45) is -1.34. The fourth-order valence-corrected chi connectivity index (χ4v) is 2.38. The summed E-state index contributed by atoms with van der Waals surface area (Å²) in [7, 11) is 0. The first-order valence-corrected chi connectivity index (χ1v) is 7.27. The highest BCUT2D eigenvalue weighted by atomic mass is 79.9. The van der Waals surface area contributed by atoms with E-state index in [4.69, 9.17) is 4.74 Å². The highest BCUT2D eigenvalue weighted by Gasteiger charge is 2.20. The molecule has 2 nitrogen and oxygen atoms in total. The Labute approximate surface area is 130 Å². The van der Waals surface area contributed by atoms with E-state index < -0.39 is 17.7 Å². The van der Waals surface area contributed by atoms with Crippen LogP contribution in [-0.4, -0.2) is 11.2 Å². The van der Waals surface area contributed by atoms with Crippen LogP contribution in [0.1, 0.15) is 31.1 Å². The molecule has 1 N–H and O–H groups in total. The molecule has 2 aromatic rings. The van der Waals surface area contributed by atoms with Crippen molar-refractivity contribution < 1.29 is 18.6 Å². The average molecular weight is 357 g/mol. The zero-order valence-corrected chi connectivity index (χ0v) is 13.2. The average Bonchev–Trinajstić information content (AvgIpc) is 2.37. The second kappa shape index (κ2) is 6.54. The van der Waals surface area contributed by atoms with Gasteiger partial charge in [-0.05, 0) is 43.7 Å². The number of halogens is 3. The van der Waals surface area contributed by atoms with Crippen molar-refractivity contribution in [2.24, 2.45) is 0 Å². The molecule has 0 radical (unpaired) electrons. The van der Waals surface area contributed by atoms with Gasteiger partial charge >= 0.3 is 0 Å². The Morgan fingerprint density at radius 1 is 1.05 bits per heavy atom. The molecule has 112 valence electrons. The molecule has 1 atom stereocenters. The van der Waals surface area contributed by atoms with E-state index in [-0.39, 0.29) is 16.1 Å². The molecule has 5 heteroatoms. The van der Waals surface area contributed by atoms with Crippen LogP contribution in [0.4, 0.5) is 8.78 Å². The maximum atomic E-state index is 13.8. The second-order valence-electron chi connectivity index (χ2n) is 4.92. The second-order valence-corrected chi connectivity index (χ2v) is 5.84. The summed E-state index contributed by atoms with van der Waals surface area (Å²) in [5, 5.41) is 10.2. The van der Waals surface area contributed by atoms with E-state index in [1.54, 1.807) is 24.3 Å². The zero-order valence-electron chi connectivity index (χ0n) is 11.6. The van der Waals surface area contributed by atoms with Gasteiger partial charge in [0.1, 0.15) is 23.5 Å². The van der Waals surface area contributed by atoms with Gasteiger partial charge in [0, 0.05) is 4.47 Å². The van der Waals surface area contributed by atoms with Gasteiger partial charge < -0.3 is 9.84 Å². The van der Waals surface area contributed by atoms with Gasteiger partial charge in [0.25, 0.3) is 0 Å². The van der Waals surface area contributed by atoms with Crippen LogP contribution < -0.4 is 4.74 Å². The summed E-state index contributed by atoms with van der Waals surface area (Å²) >= 11 is 3.01. The lowest BCUT2D eigenvalue weighted by Crippen LogP contribution is -2.07. The molecule has 0 aliphatic rings. The lowest BCUT2D eigenvalue weighted by Gasteiger charge is -2.15. The number of benzene rings is 2. The van der Waals surface area contributed by atoms with E-state index in [1.165, 1.54) is 0 Å². The van der Waals surface area contributed by atoms with E-state index in [0.717, 1.165) is 12.1 Å². The third kappa shape index (κ3) is 3.80. The Bertz CT molecular complexity index is 604. The van der Waals surface area contributed by atoms with Crippen molar-refractivity contribution in [1.29, 1.82) is 0 Å². The predicted molar refractivity (Wildman–Crippen MR) is 80.3 cm³/mol. The minimum absolute atomic E-state index is 0.0298. The maximum absolute atomic E-state index is 13.8. The van der Waals surface area contributed by atoms with Crippen molar-refractivity contribution >= 4 is 15.9 Å². The molecule has 0 aromatic heterocycles. The van der Waals surface area contributed by atoms with Gasteiger partial charge in [0.05, 0.1) is 11.7 Å². The molecule has 0 spiro atoms. The SMILES string of the molecule is CC(C)Oc1ccc(C(O)c2c(F)cc(Br)cc2F)cc1. The molecular weight excluding hydrogens is 342 g/mol. The molecule has 0 heterocycles. The molecule has 2 aromatic carbocycles. The first-order valence-electron chi connectivity index (χ1n) is 6.47. The van der Waals surface area contributed by atoms with E-state index >= 15 is 0 Å². The number of hydrogen-bond donors (Lipinski definition) is 1. The van der Waals surface area contributed by atoms with Gasteiger partial charge in [-0.1, -0.05) is 28.1 Å². The predicted octanol–water partition coefficient (Wildman–Crippen LogP) is 4.60. The van der Waals surface area contributed by atoms with Gasteiger partial charge in [-0.3, -0.25) is 0 Å². The number of rotatable bonds is 4. The highest BCUT2D eigenvalue weighted by molar-refractivity contribution is 9.10. The minimum atomic E-state index is -1.37. The first kappa shape index (κ1) is 15.9. The summed E-state index contributed by atoms with van der Waals surface area (Å²) in [5.74, 6) is -0.952. The molecule has 0 amide bonds. The summed E-state index contributed by atoms with van der Waals surface area (Å²) in [6, 6.07) is 8.74. The topological polar surface area (TPSA) is 29.5 Å². The zero-order chi connectivity index (χ0) is 15.6. The van der Waals surface area contributed by atoms with Gasteiger partial charge in [-0.2, -0.15) is 0 Å². The van der Waals surface area contributed by atoms with Gasteiger partial charge in [0.2, 0.25) is 0 Å². The highest BCUT2D eigenvalue weighted by Crippen LogP contribution is 2.30. The number of aliphatic hydroxyl groups is 1. The molecular formula is C16H15BrF2O2. The normalized spacial score (nSPS) is 12.5. The van der Waals surface area contributed by atoms with Crippen molar-refractivity contribution in [2.45, 2.75) is 26.1 Å². The number of hydrogen-bond acceptors (Lipinski definition) is 2. The van der Waals surface area contributed by atoms with E-state index in [1.807, 2.05) is 13.8 Å². The van der Waals surface area contributed by atoms with Crippen molar-refractivity contribution in [3.63, 3.8) is 0 Å². The van der Waals surface area contributed by atoms with Crippen LogP contribution in [0.3, 0.4) is 0 Å². The summed E-state index contributed by atoms with van der Waals surface area (Å²) < 4.78 is 33.5. The molecule has 2 rings (SSSR count). The Morgan fingerprint density at radius 2 is 1.57 bits per heavy atom. The molecule has 0 aliphatic heterocycles. The van der Waals surface area contributed by atoms with Gasteiger partial charge in [-0.25, -0.2) is 8.78 Å². The van der Waals surface area contributed by atoms with Crippen molar-refractivity contribution in [3.8, 4) is 5.75 Å².